The fourth-order valence-electron chi connectivity index (χ4n) is 4.25. The summed E-state index contributed by atoms with van der Waals surface area (Å²) in [4.78, 5) is 4.66. The molecule has 0 radical (unpaired) electrons. The van der Waals surface area contributed by atoms with Crippen molar-refractivity contribution in [3.8, 4) is 0 Å². The fraction of sp³-hybridized carbons (Fsp3) is 0.562. The van der Waals surface area contributed by atoms with Crippen LogP contribution in [-0.2, 0) is 5.41 Å². The molecule has 4 rings (SSSR count). The van der Waals surface area contributed by atoms with Crippen molar-refractivity contribution in [1.29, 1.82) is 0 Å². The van der Waals surface area contributed by atoms with Crippen LogP contribution in [0.4, 0.5) is 0 Å². The molecule has 17 heavy (non-hydrogen) atoms. The predicted octanol–water partition coefficient (Wildman–Crippen LogP) is 4.06. The normalized spacial score (nSPS) is 38.2. The highest BCUT2D eigenvalue weighted by atomic mass is 14.7. The monoisotopic (exact) mass is 227 g/mol. The van der Waals surface area contributed by atoms with Gasteiger partial charge in [0.1, 0.15) is 0 Å². The summed E-state index contributed by atoms with van der Waals surface area (Å²) < 4.78 is 0. The molecule has 0 spiro atoms. The average molecular weight is 227 g/mol. The van der Waals surface area contributed by atoms with Crippen molar-refractivity contribution >= 4 is 0 Å². The first kappa shape index (κ1) is 11.0. The summed E-state index contributed by atoms with van der Waals surface area (Å²) in [7, 11) is 0. The Kier molecular flexibility index (Phi) is 2.39. The summed E-state index contributed by atoms with van der Waals surface area (Å²) in [5.74, 6) is 2.11. The van der Waals surface area contributed by atoms with E-state index >= 15 is 0 Å². The molecule has 0 N–H and O–H groups in total. The van der Waals surface area contributed by atoms with Gasteiger partial charge in [0.05, 0.1) is 5.69 Å². The zero-order valence-electron chi connectivity index (χ0n) is 11.0. The molecule has 1 aromatic heterocycles. The van der Waals surface area contributed by atoms with Crippen LogP contribution in [0.1, 0.15) is 50.8 Å². The van der Waals surface area contributed by atoms with E-state index in [1.54, 1.807) is 0 Å². The van der Waals surface area contributed by atoms with Gasteiger partial charge in [-0.05, 0) is 23.5 Å². The van der Waals surface area contributed by atoms with Crippen molar-refractivity contribution in [2.75, 3.05) is 0 Å². The molecule has 1 aromatic rings. The molecule has 0 fully saturated rings. The Balaban J connectivity index is 2.21. The molecule has 0 aliphatic heterocycles. The highest BCUT2D eigenvalue weighted by Crippen LogP contribution is 2.56. The van der Waals surface area contributed by atoms with Crippen LogP contribution in [-0.4, -0.2) is 4.98 Å². The number of hydrogen-bond acceptors (Lipinski definition) is 1. The van der Waals surface area contributed by atoms with Crippen LogP contribution >= 0.6 is 0 Å². The number of aromatic nitrogens is 1. The molecule has 1 heterocycles. The summed E-state index contributed by atoms with van der Waals surface area (Å²) in [6, 6.07) is 4.37. The van der Waals surface area contributed by atoms with E-state index in [1.807, 2.05) is 6.20 Å². The third-order valence-electron chi connectivity index (χ3n) is 5.04. The second kappa shape index (κ2) is 3.69. The lowest BCUT2D eigenvalue weighted by Gasteiger charge is -2.51. The Labute approximate surface area is 104 Å². The van der Waals surface area contributed by atoms with Gasteiger partial charge >= 0.3 is 0 Å². The van der Waals surface area contributed by atoms with E-state index in [2.05, 4.69) is 50.0 Å². The number of allylic oxidation sites excluding steroid dienone is 2. The van der Waals surface area contributed by atoms with Crippen molar-refractivity contribution in [3.63, 3.8) is 0 Å². The first-order chi connectivity index (χ1) is 8.22. The molecule has 3 aliphatic carbocycles. The molecule has 4 atom stereocenters. The minimum absolute atomic E-state index is 0.216. The second-order valence-electron chi connectivity index (χ2n) is 5.69. The van der Waals surface area contributed by atoms with Gasteiger partial charge < -0.3 is 0 Å². The van der Waals surface area contributed by atoms with Gasteiger partial charge in [0, 0.05) is 17.5 Å². The second-order valence-corrected chi connectivity index (χ2v) is 5.69. The highest BCUT2D eigenvalue weighted by Gasteiger charge is 2.49. The fourth-order valence-corrected chi connectivity index (χ4v) is 4.25. The summed E-state index contributed by atoms with van der Waals surface area (Å²) in [5.41, 5.74) is 3.03. The van der Waals surface area contributed by atoms with Crippen molar-refractivity contribution in [3.05, 3.63) is 41.7 Å². The third-order valence-corrected chi connectivity index (χ3v) is 5.04. The zero-order chi connectivity index (χ0) is 12.0. The summed E-state index contributed by atoms with van der Waals surface area (Å²) in [6.45, 7) is 7.06. The van der Waals surface area contributed by atoms with Crippen molar-refractivity contribution in [2.24, 2.45) is 11.8 Å². The molecule has 1 heteroatoms. The number of rotatable bonds is 2. The van der Waals surface area contributed by atoms with Crippen LogP contribution in [0.5, 0.6) is 0 Å². The Hall–Kier alpha value is -1.11. The van der Waals surface area contributed by atoms with Crippen LogP contribution in [0.25, 0.3) is 0 Å². The predicted molar refractivity (Wildman–Crippen MR) is 71.0 cm³/mol. The quantitative estimate of drug-likeness (QED) is 0.694. The Morgan fingerprint density at radius 2 is 2.12 bits per heavy atom. The number of hydrogen-bond donors (Lipinski definition) is 0. The zero-order valence-corrected chi connectivity index (χ0v) is 11.0. The molecule has 0 aromatic carbocycles. The molecule has 0 saturated carbocycles. The largest absolute Gasteiger partial charge is 0.260 e. The van der Waals surface area contributed by atoms with Crippen LogP contribution in [0.3, 0.4) is 0 Å². The molecule has 0 saturated heterocycles. The molecule has 3 aliphatic rings. The molecule has 4 unspecified atom stereocenters. The van der Waals surface area contributed by atoms with E-state index < -0.39 is 0 Å². The van der Waals surface area contributed by atoms with Gasteiger partial charge in [0.15, 0.2) is 0 Å². The maximum atomic E-state index is 4.66. The third kappa shape index (κ3) is 1.28. The van der Waals surface area contributed by atoms with Gasteiger partial charge in [0.25, 0.3) is 0 Å². The number of pyridine rings is 1. The molecule has 2 bridgehead atoms. The molecular formula is C16H21N. The van der Waals surface area contributed by atoms with Gasteiger partial charge in [-0.2, -0.15) is 0 Å². The molecule has 90 valence electrons. The summed E-state index contributed by atoms with van der Waals surface area (Å²) >= 11 is 0. The minimum Gasteiger partial charge on any atom is -0.260 e. The molecule has 0 amide bonds. The smallest absolute Gasteiger partial charge is 0.0515 e. The van der Waals surface area contributed by atoms with E-state index in [4.69, 9.17) is 0 Å². The van der Waals surface area contributed by atoms with E-state index in [-0.39, 0.29) is 5.41 Å². The van der Waals surface area contributed by atoms with Gasteiger partial charge in [-0.15, -0.1) is 0 Å². The number of fused-ring (bicyclic) bond motifs is 1. The topological polar surface area (TPSA) is 12.9 Å². The van der Waals surface area contributed by atoms with Gasteiger partial charge in [-0.1, -0.05) is 51.8 Å². The van der Waals surface area contributed by atoms with E-state index in [9.17, 15) is 0 Å². The van der Waals surface area contributed by atoms with Crippen molar-refractivity contribution in [2.45, 2.75) is 44.9 Å². The summed E-state index contributed by atoms with van der Waals surface area (Å²) in [6.07, 6.45) is 9.34. The van der Waals surface area contributed by atoms with Crippen LogP contribution in [0, 0.1) is 11.8 Å². The summed E-state index contributed by atoms with van der Waals surface area (Å²) in [5, 5.41) is 0. The lowest BCUT2D eigenvalue weighted by Crippen LogP contribution is -2.46. The van der Waals surface area contributed by atoms with E-state index in [0.29, 0.717) is 5.92 Å². The maximum Gasteiger partial charge on any atom is 0.0515 e. The van der Waals surface area contributed by atoms with Gasteiger partial charge in [-0.3, -0.25) is 4.98 Å². The first-order valence-electron chi connectivity index (χ1n) is 6.87. The Morgan fingerprint density at radius 1 is 1.29 bits per heavy atom. The lowest BCUT2D eigenvalue weighted by atomic mass is 9.52. The van der Waals surface area contributed by atoms with Crippen LogP contribution in [0.15, 0.2) is 30.5 Å². The maximum absolute atomic E-state index is 4.66. The van der Waals surface area contributed by atoms with Crippen LogP contribution in [0.2, 0.25) is 0 Å². The Bertz CT molecular complexity index is 462. The minimum atomic E-state index is 0.216. The molecule has 1 nitrogen and oxygen atoms in total. The van der Waals surface area contributed by atoms with Gasteiger partial charge in [0.2, 0.25) is 0 Å². The van der Waals surface area contributed by atoms with Crippen molar-refractivity contribution in [1.82, 2.24) is 4.98 Å². The van der Waals surface area contributed by atoms with Crippen LogP contribution < -0.4 is 0 Å². The highest BCUT2D eigenvalue weighted by molar-refractivity contribution is 5.46. The van der Waals surface area contributed by atoms with Gasteiger partial charge in [-0.25, -0.2) is 0 Å². The number of nitrogens with zero attached hydrogens (tertiary/aromatic N) is 1. The first-order valence-corrected chi connectivity index (χ1v) is 6.87. The SMILES string of the molecule is CCC1C2C=CC(C)(c3cccnc32)C1CC. The standard InChI is InChI=1S/C16H21N/c1-4-11-12-8-9-16(3,13(11)5-2)14-7-6-10-17-15(12)14/h6-13H,4-5H2,1-3H3. The lowest BCUT2D eigenvalue weighted by molar-refractivity contribution is 0.165. The average Bonchev–Trinajstić information content (AvgIpc) is 2.38. The van der Waals surface area contributed by atoms with E-state index in [0.717, 1.165) is 11.8 Å². The molecular weight excluding hydrogens is 206 g/mol. The van der Waals surface area contributed by atoms with E-state index in [1.165, 1.54) is 24.1 Å². The Morgan fingerprint density at radius 3 is 2.82 bits per heavy atom. The van der Waals surface area contributed by atoms with Crippen molar-refractivity contribution < 1.29 is 0 Å².